The maximum absolute atomic E-state index is 11.2. The van der Waals surface area contributed by atoms with Gasteiger partial charge in [0.2, 0.25) is 5.91 Å². The molecule has 1 aliphatic heterocycles. The van der Waals surface area contributed by atoms with E-state index in [1.807, 2.05) is 0 Å². The normalized spacial score (nSPS) is 21.4. The van der Waals surface area contributed by atoms with Crippen molar-refractivity contribution >= 4 is 5.91 Å². The van der Waals surface area contributed by atoms with Crippen LogP contribution in [-0.4, -0.2) is 38.3 Å². The number of amides is 1. The molecule has 0 spiro atoms. The minimum Gasteiger partial charge on any atom is -0.381 e. The summed E-state index contributed by atoms with van der Waals surface area (Å²) in [5.74, 6) is 0.778. The molecule has 1 rings (SSSR count). The van der Waals surface area contributed by atoms with E-state index in [4.69, 9.17) is 4.74 Å². The highest BCUT2D eigenvalue weighted by Crippen LogP contribution is 2.18. The fourth-order valence-electron chi connectivity index (χ4n) is 2.24. The Hall–Kier alpha value is -0.610. The zero-order chi connectivity index (χ0) is 12.0. The van der Waals surface area contributed by atoms with E-state index in [0.29, 0.717) is 18.4 Å². The molecular weight excluding hydrogens is 204 g/mol. The third kappa shape index (κ3) is 4.49. The van der Waals surface area contributed by atoms with Crippen molar-refractivity contribution in [3.05, 3.63) is 0 Å². The third-order valence-corrected chi connectivity index (χ3v) is 3.29. The van der Waals surface area contributed by atoms with Gasteiger partial charge >= 0.3 is 0 Å². The van der Waals surface area contributed by atoms with Gasteiger partial charge in [0.25, 0.3) is 0 Å². The molecule has 4 heteroatoms. The van der Waals surface area contributed by atoms with E-state index in [1.165, 1.54) is 0 Å². The lowest BCUT2D eigenvalue weighted by molar-refractivity contribution is -0.121. The summed E-state index contributed by atoms with van der Waals surface area (Å²) in [5, 5.41) is 6.15. The molecule has 0 aliphatic carbocycles. The molecule has 0 radical (unpaired) electrons. The molecule has 4 nitrogen and oxygen atoms in total. The fourth-order valence-corrected chi connectivity index (χ4v) is 2.24. The molecule has 2 unspecified atom stereocenters. The molecule has 16 heavy (non-hydrogen) atoms. The summed E-state index contributed by atoms with van der Waals surface area (Å²) in [6.45, 7) is 6.02. The molecule has 2 atom stereocenters. The summed E-state index contributed by atoms with van der Waals surface area (Å²) in [5.41, 5.74) is 0. The zero-order valence-electron chi connectivity index (χ0n) is 10.6. The van der Waals surface area contributed by atoms with E-state index in [-0.39, 0.29) is 11.9 Å². The highest BCUT2D eigenvalue weighted by molar-refractivity contribution is 5.76. The maximum atomic E-state index is 11.2. The lowest BCUT2D eigenvalue weighted by Gasteiger charge is -2.30. The van der Waals surface area contributed by atoms with Crippen LogP contribution in [0, 0.1) is 5.92 Å². The average molecular weight is 228 g/mol. The zero-order valence-corrected chi connectivity index (χ0v) is 10.6. The van der Waals surface area contributed by atoms with E-state index in [2.05, 4.69) is 24.5 Å². The lowest BCUT2D eigenvalue weighted by atomic mass is 9.92. The second kappa shape index (κ2) is 6.86. The van der Waals surface area contributed by atoms with Crippen molar-refractivity contribution < 1.29 is 9.53 Å². The SMILES string of the molecule is CNC(=O)CC(C)NC(C)C1CCOCC1. The van der Waals surface area contributed by atoms with Gasteiger partial charge in [-0.2, -0.15) is 0 Å². The predicted octanol–water partition coefficient (Wildman–Crippen LogP) is 0.916. The highest BCUT2D eigenvalue weighted by Gasteiger charge is 2.21. The topological polar surface area (TPSA) is 50.4 Å². The Morgan fingerprint density at radius 2 is 2.00 bits per heavy atom. The Morgan fingerprint density at radius 1 is 1.38 bits per heavy atom. The van der Waals surface area contributed by atoms with Gasteiger partial charge in [-0.15, -0.1) is 0 Å². The van der Waals surface area contributed by atoms with Crippen molar-refractivity contribution in [3.8, 4) is 0 Å². The van der Waals surface area contributed by atoms with Crippen LogP contribution in [0.15, 0.2) is 0 Å². The first-order valence-electron chi connectivity index (χ1n) is 6.18. The Kier molecular flexibility index (Phi) is 5.77. The Morgan fingerprint density at radius 3 is 2.56 bits per heavy atom. The van der Waals surface area contributed by atoms with Crippen LogP contribution in [0.1, 0.15) is 33.1 Å². The molecule has 1 aliphatic rings. The van der Waals surface area contributed by atoms with Crippen molar-refractivity contribution in [2.24, 2.45) is 5.92 Å². The molecule has 0 saturated carbocycles. The quantitative estimate of drug-likeness (QED) is 0.735. The minimum atomic E-state index is 0.0965. The molecule has 0 aromatic rings. The van der Waals surface area contributed by atoms with E-state index in [0.717, 1.165) is 26.1 Å². The number of ether oxygens (including phenoxy) is 1. The molecule has 94 valence electrons. The summed E-state index contributed by atoms with van der Waals surface area (Å²) in [6.07, 6.45) is 2.80. The van der Waals surface area contributed by atoms with Crippen molar-refractivity contribution in [2.75, 3.05) is 20.3 Å². The van der Waals surface area contributed by atoms with Crippen LogP contribution in [0.2, 0.25) is 0 Å². The summed E-state index contributed by atoms with van der Waals surface area (Å²) in [7, 11) is 1.68. The second-order valence-corrected chi connectivity index (χ2v) is 4.68. The molecule has 1 amide bonds. The van der Waals surface area contributed by atoms with Gasteiger partial charge < -0.3 is 15.4 Å². The smallest absolute Gasteiger partial charge is 0.221 e. The van der Waals surface area contributed by atoms with Gasteiger partial charge in [-0.1, -0.05) is 0 Å². The Bertz CT molecular complexity index is 215. The standard InChI is InChI=1S/C12H24N2O2/c1-9(8-12(15)13-3)14-10(2)11-4-6-16-7-5-11/h9-11,14H,4-8H2,1-3H3,(H,13,15). The first-order chi connectivity index (χ1) is 7.63. The first kappa shape index (κ1) is 13.5. The summed E-state index contributed by atoms with van der Waals surface area (Å²) in [6, 6.07) is 0.696. The van der Waals surface area contributed by atoms with Gasteiger partial charge in [0.15, 0.2) is 0 Å². The van der Waals surface area contributed by atoms with Crippen LogP contribution in [0.3, 0.4) is 0 Å². The maximum Gasteiger partial charge on any atom is 0.221 e. The third-order valence-electron chi connectivity index (χ3n) is 3.29. The van der Waals surface area contributed by atoms with Crippen LogP contribution >= 0.6 is 0 Å². The van der Waals surface area contributed by atoms with Crippen LogP contribution in [0.5, 0.6) is 0 Å². The largest absolute Gasteiger partial charge is 0.381 e. The number of rotatable bonds is 5. The molecule has 2 N–H and O–H groups in total. The summed E-state index contributed by atoms with van der Waals surface area (Å²) >= 11 is 0. The average Bonchev–Trinajstić information content (AvgIpc) is 2.29. The monoisotopic (exact) mass is 228 g/mol. The fraction of sp³-hybridized carbons (Fsp3) is 0.917. The van der Waals surface area contributed by atoms with Crippen molar-refractivity contribution in [1.29, 1.82) is 0 Å². The number of nitrogens with one attached hydrogen (secondary N) is 2. The first-order valence-corrected chi connectivity index (χ1v) is 6.18. The van der Waals surface area contributed by atoms with Crippen LogP contribution in [-0.2, 0) is 9.53 Å². The van der Waals surface area contributed by atoms with E-state index in [9.17, 15) is 4.79 Å². The number of carbonyl (C=O) groups is 1. The van der Waals surface area contributed by atoms with Crippen LogP contribution in [0.4, 0.5) is 0 Å². The number of hydrogen-bond acceptors (Lipinski definition) is 3. The van der Waals surface area contributed by atoms with E-state index in [1.54, 1.807) is 7.05 Å². The van der Waals surface area contributed by atoms with Crippen molar-refractivity contribution in [3.63, 3.8) is 0 Å². The van der Waals surface area contributed by atoms with E-state index >= 15 is 0 Å². The molecule has 1 saturated heterocycles. The van der Waals surface area contributed by atoms with Crippen LogP contribution < -0.4 is 10.6 Å². The van der Waals surface area contributed by atoms with Crippen molar-refractivity contribution in [1.82, 2.24) is 10.6 Å². The van der Waals surface area contributed by atoms with Gasteiger partial charge in [0, 0.05) is 38.8 Å². The summed E-state index contributed by atoms with van der Waals surface area (Å²) in [4.78, 5) is 11.2. The molecular formula is C12H24N2O2. The number of hydrogen-bond donors (Lipinski definition) is 2. The second-order valence-electron chi connectivity index (χ2n) is 4.68. The van der Waals surface area contributed by atoms with Crippen molar-refractivity contribution in [2.45, 2.75) is 45.2 Å². The predicted molar refractivity (Wildman–Crippen MR) is 64.3 cm³/mol. The highest BCUT2D eigenvalue weighted by atomic mass is 16.5. The van der Waals surface area contributed by atoms with Gasteiger partial charge in [-0.25, -0.2) is 0 Å². The molecule has 1 fully saturated rings. The van der Waals surface area contributed by atoms with Gasteiger partial charge in [0.1, 0.15) is 0 Å². The molecule has 0 aromatic heterocycles. The van der Waals surface area contributed by atoms with Gasteiger partial charge in [0.05, 0.1) is 0 Å². The molecule has 0 aromatic carbocycles. The Balaban J connectivity index is 2.26. The van der Waals surface area contributed by atoms with Gasteiger partial charge in [-0.05, 0) is 32.6 Å². The number of carbonyl (C=O) groups excluding carboxylic acids is 1. The Labute approximate surface area is 98.1 Å². The lowest BCUT2D eigenvalue weighted by Crippen LogP contribution is -2.43. The molecule has 1 heterocycles. The molecule has 0 bridgehead atoms. The van der Waals surface area contributed by atoms with Crippen LogP contribution in [0.25, 0.3) is 0 Å². The van der Waals surface area contributed by atoms with Gasteiger partial charge in [-0.3, -0.25) is 4.79 Å². The summed E-state index contributed by atoms with van der Waals surface area (Å²) < 4.78 is 5.34. The minimum absolute atomic E-state index is 0.0965. The van der Waals surface area contributed by atoms with E-state index < -0.39 is 0 Å².